The number of carbonyl (C=O) groups excluding carboxylic acids is 1. The molecule has 0 unspecified atom stereocenters. The molecule has 0 saturated heterocycles. The fourth-order valence-corrected chi connectivity index (χ4v) is 2.46. The molecule has 1 heterocycles. The summed E-state index contributed by atoms with van der Waals surface area (Å²) < 4.78 is 13.2. The maximum atomic E-state index is 13.2. The van der Waals surface area contributed by atoms with Crippen molar-refractivity contribution in [2.75, 3.05) is 29.6 Å². The predicted octanol–water partition coefficient (Wildman–Crippen LogP) is 3.99. The van der Waals surface area contributed by atoms with Gasteiger partial charge in [-0.15, -0.1) is 0 Å². The van der Waals surface area contributed by atoms with Gasteiger partial charge in [0, 0.05) is 37.1 Å². The van der Waals surface area contributed by atoms with E-state index < -0.39 is 5.82 Å². The lowest BCUT2D eigenvalue weighted by atomic mass is 10.2. The van der Waals surface area contributed by atoms with Gasteiger partial charge in [-0.25, -0.2) is 14.4 Å². The molecule has 0 saturated carbocycles. The summed E-state index contributed by atoms with van der Waals surface area (Å²) in [5.41, 5.74) is 1.70. The Bertz CT molecular complexity index is 957. The first kappa shape index (κ1) is 18.3. The minimum Gasteiger partial charge on any atom is -0.363 e. The molecule has 2 N–H and O–H groups in total. The van der Waals surface area contributed by atoms with Crippen molar-refractivity contribution in [2.24, 2.45) is 0 Å². The normalized spacial score (nSPS) is 10.4. The Morgan fingerprint density at radius 3 is 2.37 bits per heavy atom. The maximum absolute atomic E-state index is 13.2. The van der Waals surface area contributed by atoms with E-state index in [0.29, 0.717) is 17.3 Å². The molecule has 0 fully saturated rings. The van der Waals surface area contributed by atoms with E-state index in [1.807, 2.05) is 44.1 Å². The average molecular weight is 365 g/mol. The molecule has 2 aromatic carbocycles. The Kier molecular flexibility index (Phi) is 5.30. The molecular weight excluding hydrogens is 345 g/mol. The highest BCUT2D eigenvalue weighted by atomic mass is 19.1. The van der Waals surface area contributed by atoms with Crippen LogP contribution in [0.1, 0.15) is 16.2 Å². The van der Waals surface area contributed by atoms with E-state index in [1.165, 1.54) is 18.2 Å². The highest BCUT2D eigenvalue weighted by Gasteiger charge is 2.08. The van der Waals surface area contributed by atoms with E-state index in [4.69, 9.17) is 0 Å². The van der Waals surface area contributed by atoms with Crippen molar-refractivity contribution < 1.29 is 9.18 Å². The Morgan fingerprint density at radius 2 is 1.70 bits per heavy atom. The number of amides is 1. The van der Waals surface area contributed by atoms with Crippen LogP contribution in [-0.2, 0) is 0 Å². The summed E-state index contributed by atoms with van der Waals surface area (Å²) >= 11 is 0. The summed E-state index contributed by atoms with van der Waals surface area (Å²) in [6, 6.07) is 14.6. The standard InChI is InChI=1S/C20H20FN5O/c1-13-22-18(12-19(23-13)26(2)3)24-16-7-9-17(10-8-16)25-20(27)14-5-4-6-15(21)11-14/h4-12H,1-3H3,(H,25,27)(H,22,23,24). The number of nitrogens with zero attached hydrogens (tertiary/aromatic N) is 3. The van der Waals surface area contributed by atoms with Gasteiger partial charge >= 0.3 is 0 Å². The van der Waals surface area contributed by atoms with E-state index >= 15 is 0 Å². The molecule has 0 atom stereocenters. The number of anilines is 4. The first-order valence-electron chi connectivity index (χ1n) is 8.38. The summed E-state index contributed by atoms with van der Waals surface area (Å²) in [5, 5.41) is 5.96. The quantitative estimate of drug-likeness (QED) is 0.716. The summed E-state index contributed by atoms with van der Waals surface area (Å²) in [7, 11) is 3.84. The fraction of sp³-hybridized carbons (Fsp3) is 0.150. The van der Waals surface area contributed by atoms with Crippen molar-refractivity contribution in [2.45, 2.75) is 6.92 Å². The average Bonchev–Trinajstić information content (AvgIpc) is 2.63. The number of rotatable bonds is 5. The second kappa shape index (κ2) is 7.82. The van der Waals surface area contributed by atoms with Gasteiger partial charge in [-0.2, -0.15) is 0 Å². The monoisotopic (exact) mass is 365 g/mol. The van der Waals surface area contributed by atoms with Crippen molar-refractivity contribution in [3.63, 3.8) is 0 Å². The van der Waals surface area contributed by atoms with Crippen LogP contribution >= 0.6 is 0 Å². The van der Waals surface area contributed by atoms with Crippen LogP contribution in [0, 0.1) is 12.7 Å². The molecule has 6 nitrogen and oxygen atoms in total. The Morgan fingerprint density at radius 1 is 1.00 bits per heavy atom. The number of benzene rings is 2. The number of aromatic nitrogens is 2. The third-order valence-electron chi connectivity index (χ3n) is 3.78. The summed E-state index contributed by atoms with van der Waals surface area (Å²) in [6.07, 6.45) is 0. The Labute approximate surface area is 157 Å². The van der Waals surface area contributed by atoms with Crippen molar-refractivity contribution in [1.82, 2.24) is 9.97 Å². The van der Waals surface area contributed by atoms with Crippen LogP contribution in [0.3, 0.4) is 0 Å². The second-order valence-corrected chi connectivity index (χ2v) is 6.22. The van der Waals surface area contributed by atoms with E-state index in [0.717, 1.165) is 11.5 Å². The molecule has 0 aliphatic carbocycles. The molecule has 0 bridgehead atoms. The molecule has 7 heteroatoms. The van der Waals surface area contributed by atoms with E-state index in [9.17, 15) is 9.18 Å². The summed E-state index contributed by atoms with van der Waals surface area (Å²) in [4.78, 5) is 22.8. The highest BCUT2D eigenvalue weighted by Crippen LogP contribution is 2.21. The molecule has 3 aromatic rings. The van der Waals surface area contributed by atoms with Crippen LogP contribution in [-0.4, -0.2) is 30.0 Å². The molecule has 0 spiro atoms. The number of aryl methyl sites for hydroxylation is 1. The lowest BCUT2D eigenvalue weighted by molar-refractivity contribution is 0.102. The van der Waals surface area contributed by atoms with Crippen LogP contribution in [0.4, 0.5) is 27.4 Å². The smallest absolute Gasteiger partial charge is 0.255 e. The second-order valence-electron chi connectivity index (χ2n) is 6.22. The topological polar surface area (TPSA) is 70.2 Å². The molecule has 138 valence electrons. The van der Waals surface area contributed by atoms with Gasteiger partial charge in [-0.1, -0.05) is 6.07 Å². The molecule has 27 heavy (non-hydrogen) atoms. The fourth-order valence-electron chi connectivity index (χ4n) is 2.46. The van der Waals surface area contributed by atoms with Crippen LogP contribution in [0.5, 0.6) is 0 Å². The van der Waals surface area contributed by atoms with Crippen LogP contribution in [0.2, 0.25) is 0 Å². The van der Waals surface area contributed by atoms with Gasteiger partial charge in [0.25, 0.3) is 5.91 Å². The lowest BCUT2D eigenvalue weighted by Crippen LogP contribution is -2.12. The summed E-state index contributed by atoms with van der Waals surface area (Å²) in [6.45, 7) is 1.84. The SMILES string of the molecule is Cc1nc(Nc2ccc(NC(=O)c3cccc(F)c3)cc2)cc(N(C)C)n1. The molecule has 1 amide bonds. The lowest BCUT2D eigenvalue weighted by Gasteiger charge is -2.14. The number of hydrogen-bond donors (Lipinski definition) is 2. The van der Waals surface area contributed by atoms with Crippen molar-refractivity contribution in [3.05, 3.63) is 71.8 Å². The third-order valence-corrected chi connectivity index (χ3v) is 3.78. The zero-order chi connectivity index (χ0) is 19.4. The van der Waals surface area contributed by atoms with E-state index in [-0.39, 0.29) is 11.5 Å². The van der Waals surface area contributed by atoms with Gasteiger partial charge in [0.2, 0.25) is 0 Å². The van der Waals surface area contributed by atoms with Gasteiger partial charge in [0.1, 0.15) is 23.3 Å². The minimum absolute atomic E-state index is 0.268. The van der Waals surface area contributed by atoms with Gasteiger partial charge < -0.3 is 15.5 Å². The minimum atomic E-state index is -0.445. The zero-order valence-corrected chi connectivity index (χ0v) is 15.3. The number of hydrogen-bond acceptors (Lipinski definition) is 5. The largest absolute Gasteiger partial charge is 0.363 e. The maximum Gasteiger partial charge on any atom is 0.255 e. The van der Waals surface area contributed by atoms with Crippen molar-refractivity contribution in [1.29, 1.82) is 0 Å². The van der Waals surface area contributed by atoms with Crippen LogP contribution in [0.15, 0.2) is 54.6 Å². The molecule has 0 aliphatic heterocycles. The van der Waals surface area contributed by atoms with Gasteiger partial charge in [0.15, 0.2) is 0 Å². The van der Waals surface area contributed by atoms with E-state index in [2.05, 4.69) is 20.6 Å². The van der Waals surface area contributed by atoms with Crippen LogP contribution in [0.25, 0.3) is 0 Å². The summed E-state index contributed by atoms with van der Waals surface area (Å²) in [5.74, 6) is 1.35. The van der Waals surface area contributed by atoms with Crippen molar-refractivity contribution in [3.8, 4) is 0 Å². The zero-order valence-electron chi connectivity index (χ0n) is 15.3. The van der Waals surface area contributed by atoms with E-state index in [1.54, 1.807) is 18.2 Å². The third kappa shape index (κ3) is 4.78. The molecule has 0 radical (unpaired) electrons. The van der Waals surface area contributed by atoms with Gasteiger partial charge in [-0.05, 0) is 49.4 Å². The van der Waals surface area contributed by atoms with Crippen LogP contribution < -0.4 is 15.5 Å². The number of carbonyl (C=O) groups is 1. The first-order valence-corrected chi connectivity index (χ1v) is 8.38. The Hall–Kier alpha value is -3.48. The van der Waals surface area contributed by atoms with Gasteiger partial charge in [-0.3, -0.25) is 4.79 Å². The predicted molar refractivity (Wildman–Crippen MR) is 105 cm³/mol. The number of halogens is 1. The molecular formula is C20H20FN5O. The number of nitrogens with one attached hydrogen (secondary N) is 2. The first-order chi connectivity index (χ1) is 12.9. The Balaban J connectivity index is 1.70. The molecule has 0 aliphatic rings. The molecule has 1 aromatic heterocycles. The molecule has 3 rings (SSSR count). The highest BCUT2D eigenvalue weighted by molar-refractivity contribution is 6.04. The van der Waals surface area contributed by atoms with Gasteiger partial charge in [0.05, 0.1) is 0 Å². The van der Waals surface area contributed by atoms with Crippen molar-refractivity contribution >= 4 is 28.9 Å².